The number of rotatable bonds is 5. The molecule has 8 heteroatoms. The molecule has 1 aliphatic rings. The summed E-state index contributed by atoms with van der Waals surface area (Å²) < 4.78 is 12.1. The Morgan fingerprint density at radius 1 is 1.32 bits per heavy atom. The molecule has 1 N–H and O–H groups in total. The van der Waals surface area contributed by atoms with Crippen LogP contribution in [0.3, 0.4) is 0 Å². The number of carboxylic acids is 1. The summed E-state index contributed by atoms with van der Waals surface area (Å²) >= 11 is 0. The van der Waals surface area contributed by atoms with Crippen LogP contribution < -0.4 is 4.74 Å². The number of nitrogens with zero attached hydrogens (tertiary/aromatic N) is 3. The van der Waals surface area contributed by atoms with Crippen molar-refractivity contribution in [2.45, 2.75) is 12.5 Å². The summed E-state index contributed by atoms with van der Waals surface area (Å²) in [6.45, 7) is 0.994. The van der Waals surface area contributed by atoms with Crippen LogP contribution in [0.5, 0.6) is 5.75 Å². The van der Waals surface area contributed by atoms with Crippen molar-refractivity contribution >= 4 is 11.9 Å². The highest BCUT2D eigenvalue weighted by Crippen LogP contribution is 2.16. The number of aliphatic carboxylic acids is 1. The van der Waals surface area contributed by atoms with Gasteiger partial charge in [0.15, 0.2) is 5.69 Å². The van der Waals surface area contributed by atoms with Crippen LogP contribution in [0.15, 0.2) is 36.5 Å². The molecular weight excluding hydrogens is 326 g/mol. The lowest BCUT2D eigenvalue weighted by Gasteiger charge is -2.31. The summed E-state index contributed by atoms with van der Waals surface area (Å²) in [6, 6.07) is 8.97. The molecule has 0 saturated carbocycles. The van der Waals surface area contributed by atoms with Gasteiger partial charge in [-0.15, -0.1) is 0 Å². The van der Waals surface area contributed by atoms with Crippen molar-refractivity contribution in [2.24, 2.45) is 0 Å². The quantitative estimate of drug-likeness (QED) is 0.875. The molecule has 1 aliphatic heterocycles. The number of carbonyl (C=O) groups is 2. The number of aromatic nitrogens is 2. The molecule has 25 heavy (non-hydrogen) atoms. The fourth-order valence-corrected chi connectivity index (χ4v) is 2.70. The Morgan fingerprint density at radius 2 is 2.08 bits per heavy atom. The maximum absolute atomic E-state index is 12.6. The van der Waals surface area contributed by atoms with E-state index >= 15 is 0 Å². The second kappa shape index (κ2) is 7.35. The Kier molecular flexibility index (Phi) is 4.99. The van der Waals surface area contributed by atoms with Crippen molar-refractivity contribution in [1.29, 1.82) is 0 Å². The van der Waals surface area contributed by atoms with Crippen molar-refractivity contribution in [3.05, 3.63) is 42.2 Å². The number of hydrogen-bond acceptors (Lipinski definition) is 5. The molecule has 2 heterocycles. The van der Waals surface area contributed by atoms with E-state index in [4.69, 9.17) is 14.6 Å². The first-order valence-corrected chi connectivity index (χ1v) is 7.89. The molecule has 0 bridgehead atoms. The second-order valence-electron chi connectivity index (χ2n) is 5.69. The smallest absolute Gasteiger partial charge is 0.306 e. The molecule has 3 rings (SSSR count). The lowest BCUT2D eigenvalue weighted by atomic mass is 10.2. The van der Waals surface area contributed by atoms with Crippen LogP contribution in [0.4, 0.5) is 0 Å². The van der Waals surface area contributed by atoms with Crippen LogP contribution in [-0.4, -0.2) is 64.6 Å². The van der Waals surface area contributed by atoms with E-state index < -0.39 is 12.1 Å². The molecule has 1 aromatic carbocycles. The Labute approximate surface area is 144 Å². The van der Waals surface area contributed by atoms with E-state index in [9.17, 15) is 9.59 Å². The molecule has 2 aromatic rings. The van der Waals surface area contributed by atoms with Crippen LogP contribution in [0, 0.1) is 0 Å². The molecule has 0 radical (unpaired) electrons. The van der Waals surface area contributed by atoms with E-state index in [2.05, 4.69) is 5.10 Å². The molecule has 0 aliphatic carbocycles. The standard InChI is InChI=1S/C17H19N3O5/c1-24-13-4-2-12(3-5-13)20-7-6-15(18-20)17(23)19-8-9-25-14(11-19)10-16(21)22/h2-7,14H,8-11H2,1H3,(H,21,22). The number of amides is 1. The van der Waals surface area contributed by atoms with Gasteiger partial charge in [0, 0.05) is 19.3 Å². The number of hydrogen-bond donors (Lipinski definition) is 1. The zero-order valence-electron chi connectivity index (χ0n) is 13.8. The zero-order valence-corrected chi connectivity index (χ0v) is 13.8. The van der Waals surface area contributed by atoms with E-state index in [1.807, 2.05) is 24.3 Å². The zero-order chi connectivity index (χ0) is 17.8. The normalized spacial score (nSPS) is 17.3. The monoisotopic (exact) mass is 345 g/mol. The number of morpholine rings is 1. The number of benzene rings is 1. The minimum absolute atomic E-state index is 0.121. The van der Waals surface area contributed by atoms with Gasteiger partial charge in [0.25, 0.3) is 5.91 Å². The largest absolute Gasteiger partial charge is 0.497 e. The molecular formula is C17H19N3O5. The molecule has 1 amide bonds. The van der Waals surface area contributed by atoms with Crippen LogP contribution in [0.2, 0.25) is 0 Å². The van der Waals surface area contributed by atoms with E-state index in [0.29, 0.717) is 18.8 Å². The predicted octanol–water partition coefficient (Wildman–Crippen LogP) is 1.20. The maximum atomic E-state index is 12.6. The van der Waals surface area contributed by atoms with Gasteiger partial charge in [-0.25, -0.2) is 4.68 Å². The first-order chi connectivity index (χ1) is 12.1. The molecule has 1 atom stereocenters. The Balaban J connectivity index is 1.70. The highest BCUT2D eigenvalue weighted by molar-refractivity contribution is 5.92. The average molecular weight is 345 g/mol. The molecule has 132 valence electrons. The van der Waals surface area contributed by atoms with Crippen LogP contribution >= 0.6 is 0 Å². The fourth-order valence-electron chi connectivity index (χ4n) is 2.70. The Bertz CT molecular complexity index is 756. The fraction of sp³-hybridized carbons (Fsp3) is 0.353. The Morgan fingerprint density at radius 3 is 2.76 bits per heavy atom. The lowest BCUT2D eigenvalue weighted by molar-refractivity contribution is -0.141. The number of carboxylic acid groups (broad SMARTS) is 1. The molecule has 1 fully saturated rings. The van der Waals surface area contributed by atoms with Crippen molar-refractivity contribution in [3.8, 4) is 11.4 Å². The molecule has 1 saturated heterocycles. The van der Waals surface area contributed by atoms with E-state index in [0.717, 1.165) is 11.4 Å². The third kappa shape index (κ3) is 3.97. The van der Waals surface area contributed by atoms with Gasteiger partial charge >= 0.3 is 5.97 Å². The minimum Gasteiger partial charge on any atom is -0.497 e. The van der Waals surface area contributed by atoms with Gasteiger partial charge in [-0.05, 0) is 30.3 Å². The predicted molar refractivity (Wildman–Crippen MR) is 88.0 cm³/mol. The van der Waals surface area contributed by atoms with Crippen molar-refractivity contribution in [3.63, 3.8) is 0 Å². The summed E-state index contributed by atoms with van der Waals surface area (Å²) in [6.07, 6.45) is 1.10. The number of methoxy groups -OCH3 is 1. The highest BCUT2D eigenvalue weighted by atomic mass is 16.5. The summed E-state index contributed by atoms with van der Waals surface area (Å²) in [5, 5.41) is 13.2. The molecule has 8 nitrogen and oxygen atoms in total. The van der Waals surface area contributed by atoms with Gasteiger partial charge in [-0.1, -0.05) is 0 Å². The van der Waals surface area contributed by atoms with E-state index in [1.165, 1.54) is 0 Å². The first kappa shape index (κ1) is 17.0. The molecule has 0 spiro atoms. The topological polar surface area (TPSA) is 93.9 Å². The number of ether oxygens (including phenoxy) is 2. The van der Waals surface area contributed by atoms with Gasteiger partial charge in [0.1, 0.15) is 5.75 Å². The third-order valence-electron chi connectivity index (χ3n) is 3.97. The summed E-state index contributed by atoms with van der Waals surface area (Å²) in [5.74, 6) is -0.431. The first-order valence-electron chi connectivity index (χ1n) is 7.89. The Hall–Kier alpha value is -2.87. The highest BCUT2D eigenvalue weighted by Gasteiger charge is 2.27. The van der Waals surface area contributed by atoms with Crippen LogP contribution in [-0.2, 0) is 9.53 Å². The summed E-state index contributed by atoms with van der Waals surface area (Å²) in [7, 11) is 1.60. The third-order valence-corrected chi connectivity index (χ3v) is 3.97. The molecule has 1 aromatic heterocycles. The second-order valence-corrected chi connectivity index (χ2v) is 5.69. The van der Waals surface area contributed by atoms with Crippen molar-refractivity contribution in [2.75, 3.05) is 26.8 Å². The van der Waals surface area contributed by atoms with Crippen LogP contribution in [0.25, 0.3) is 5.69 Å². The lowest BCUT2D eigenvalue weighted by Crippen LogP contribution is -2.46. The van der Waals surface area contributed by atoms with Gasteiger partial charge in [0.2, 0.25) is 0 Å². The SMILES string of the molecule is COc1ccc(-n2ccc(C(=O)N3CCOC(CC(=O)O)C3)n2)cc1. The molecule has 1 unspecified atom stereocenters. The maximum Gasteiger partial charge on any atom is 0.306 e. The van der Waals surface area contributed by atoms with E-state index in [-0.39, 0.29) is 18.9 Å². The van der Waals surface area contributed by atoms with E-state index in [1.54, 1.807) is 29.0 Å². The summed E-state index contributed by atoms with van der Waals surface area (Å²) in [4.78, 5) is 25.0. The van der Waals surface area contributed by atoms with Gasteiger partial charge < -0.3 is 19.5 Å². The van der Waals surface area contributed by atoms with Crippen molar-refractivity contribution < 1.29 is 24.2 Å². The van der Waals surface area contributed by atoms with Gasteiger partial charge in [0.05, 0.1) is 31.9 Å². The van der Waals surface area contributed by atoms with Crippen molar-refractivity contribution in [1.82, 2.24) is 14.7 Å². The average Bonchev–Trinajstić information content (AvgIpc) is 3.11. The summed E-state index contributed by atoms with van der Waals surface area (Å²) in [5.41, 5.74) is 1.12. The number of carbonyl (C=O) groups excluding carboxylic acids is 1. The van der Waals surface area contributed by atoms with Crippen LogP contribution in [0.1, 0.15) is 16.9 Å². The van der Waals surface area contributed by atoms with Gasteiger partial charge in [-0.2, -0.15) is 5.10 Å². The minimum atomic E-state index is -0.942. The van der Waals surface area contributed by atoms with Gasteiger partial charge in [-0.3, -0.25) is 9.59 Å².